The molecule has 0 saturated heterocycles. The number of benzene rings is 1. The van der Waals surface area contributed by atoms with E-state index in [-0.39, 0.29) is 5.76 Å². The van der Waals surface area contributed by atoms with Gasteiger partial charge >= 0.3 is 5.76 Å². The number of nitrogens with zero attached hydrogens (tertiary/aromatic N) is 1. The van der Waals surface area contributed by atoms with E-state index in [0.717, 1.165) is 11.1 Å². The van der Waals surface area contributed by atoms with E-state index in [1.165, 1.54) is 0 Å². The van der Waals surface area contributed by atoms with Gasteiger partial charge in [0.15, 0.2) is 5.58 Å². The van der Waals surface area contributed by atoms with Crippen molar-refractivity contribution >= 4 is 11.1 Å². The van der Waals surface area contributed by atoms with Crippen molar-refractivity contribution in [2.45, 2.75) is 32.9 Å². The Morgan fingerprint density at radius 3 is 2.81 bits per heavy atom. The van der Waals surface area contributed by atoms with Crippen LogP contribution in [0.3, 0.4) is 0 Å². The van der Waals surface area contributed by atoms with Gasteiger partial charge in [0.2, 0.25) is 0 Å². The Morgan fingerprint density at radius 2 is 2.19 bits per heavy atom. The Kier molecular flexibility index (Phi) is 2.83. The fourth-order valence-electron chi connectivity index (χ4n) is 1.83. The minimum absolute atomic E-state index is 0.347. The average molecular weight is 221 g/mol. The number of hydrogen-bond acceptors (Lipinski definition) is 3. The molecule has 0 amide bonds. The number of aliphatic hydroxyl groups is 1. The van der Waals surface area contributed by atoms with E-state index in [0.29, 0.717) is 18.5 Å². The summed E-state index contributed by atoms with van der Waals surface area (Å²) in [6, 6.07) is 5.38. The third-order valence-electron chi connectivity index (χ3n) is 2.78. The highest BCUT2D eigenvalue weighted by molar-refractivity contribution is 5.73. The fraction of sp³-hybridized carbons (Fsp3) is 0.417. The second-order valence-electron chi connectivity index (χ2n) is 3.76. The maximum atomic E-state index is 11.5. The first-order valence-corrected chi connectivity index (χ1v) is 5.48. The summed E-state index contributed by atoms with van der Waals surface area (Å²) in [5, 5.41) is 9.70. The third-order valence-corrected chi connectivity index (χ3v) is 2.78. The Morgan fingerprint density at radius 1 is 1.44 bits per heavy atom. The molecule has 1 atom stereocenters. The summed E-state index contributed by atoms with van der Waals surface area (Å²) in [5.41, 5.74) is 2.10. The van der Waals surface area contributed by atoms with Crippen molar-refractivity contribution in [3.63, 3.8) is 0 Å². The van der Waals surface area contributed by atoms with Gasteiger partial charge in [-0.05, 0) is 31.0 Å². The van der Waals surface area contributed by atoms with Crippen molar-refractivity contribution in [2.75, 3.05) is 0 Å². The first kappa shape index (κ1) is 11.0. The van der Waals surface area contributed by atoms with E-state index in [4.69, 9.17) is 4.42 Å². The van der Waals surface area contributed by atoms with Crippen LogP contribution in [0, 0.1) is 0 Å². The van der Waals surface area contributed by atoms with Crippen molar-refractivity contribution in [1.29, 1.82) is 0 Å². The van der Waals surface area contributed by atoms with Crippen LogP contribution in [0.4, 0.5) is 0 Å². The van der Waals surface area contributed by atoms with Crippen molar-refractivity contribution in [2.24, 2.45) is 0 Å². The van der Waals surface area contributed by atoms with Gasteiger partial charge in [-0.15, -0.1) is 0 Å². The van der Waals surface area contributed by atoms with Gasteiger partial charge in [0.1, 0.15) is 0 Å². The molecule has 0 aliphatic carbocycles. The molecule has 0 spiro atoms. The second-order valence-corrected chi connectivity index (χ2v) is 3.76. The molecule has 0 aliphatic rings. The summed E-state index contributed by atoms with van der Waals surface area (Å²) in [5.74, 6) is -0.347. The molecule has 4 nitrogen and oxygen atoms in total. The summed E-state index contributed by atoms with van der Waals surface area (Å²) in [4.78, 5) is 11.5. The first-order chi connectivity index (χ1) is 7.67. The Hall–Kier alpha value is -1.55. The van der Waals surface area contributed by atoms with Crippen LogP contribution < -0.4 is 5.76 Å². The van der Waals surface area contributed by atoms with E-state index in [1.807, 2.05) is 26.0 Å². The van der Waals surface area contributed by atoms with Crippen LogP contribution in [0.2, 0.25) is 0 Å². The number of oxazole rings is 1. The highest BCUT2D eigenvalue weighted by Gasteiger charge is 2.11. The van der Waals surface area contributed by atoms with Crippen LogP contribution in [0.5, 0.6) is 0 Å². The molecule has 0 saturated carbocycles. The number of aromatic nitrogens is 1. The SMILES string of the molecule is CCC(O)c1ccc2c(c1)oc(=O)n2CC. The quantitative estimate of drug-likeness (QED) is 0.863. The number of rotatable bonds is 3. The van der Waals surface area contributed by atoms with E-state index in [9.17, 15) is 9.90 Å². The molecule has 4 heteroatoms. The van der Waals surface area contributed by atoms with Crippen LogP contribution in [0.15, 0.2) is 27.4 Å². The lowest BCUT2D eigenvalue weighted by molar-refractivity contribution is 0.173. The normalized spacial score (nSPS) is 13.2. The topological polar surface area (TPSA) is 55.4 Å². The van der Waals surface area contributed by atoms with Crippen molar-refractivity contribution in [3.05, 3.63) is 34.3 Å². The first-order valence-electron chi connectivity index (χ1n) is 5.48. The molecule has 2 rings (SSSR count). The van der Waals surface area contributed by atoms with Gasteiger partial charge in [0, 0.05) is 6.54 Å². The average Bonchev–Trinajstić information content (AvgIpc) is 2.62. The van der Waals surface area contributed by atoms with Gasteiger partial charge in [-0.25, -0.2) is 4.79 Å². The third kappa shape index (κ3) is 1.65. The predicted molar refractivity (Wildman–Crippen MR) is 61.4 cm³/mol. The number of aliphatic hydroxyl groups excluding tert-OH is 1. The van der Waals surface area contributed by atoms with Crippen molar-refractivity contribution < 1.29 is 9.52 Å². The molecule has 0 aliphatic heterocycles. The van der Waals surface area contributed by atoms with Gasteiger partial charge in [-0.2, -0.15) is 0 Å². The molecule has 1 aromatic carbocycles. The molecular formula is C12H15NO3. The molecule has 16 heavy (non-hydrogen) atoms. The largest absolute Gasteiger partial charge is 0.419 e. The van der Waals surface area contributed by atoms with Crippen LogP contribution in [-0.2, 0) is 6.54 Å². The van der Waals surface area contributed by atoms with Gasteiger partial charge in [0.05, 0.1) is 11.6 Å². The van der Waals surface area contributed by atoms with Gasteiger partial charge < -0.3 is 9.52 Å². The van der Waals surface area contributed by atoms with Crippen LogP contribution in [0.25, 0.3) is 11.1 Å². The lowest BCUT2D eigenvalue weighted by Crippen LogP contribution is -2.11. The molecule has 0 fully saturated rings. The van der Waals surface area contributed by atoms with Crippen LogP contribution in [0.1, 0.15) is 31.9 Å². The minimum Gasteiger partial charge on any atom is -0.408 e. The Labute approximate surface area is 93.1 Å². The smallest absolute Gasteiger partial charge is 0.408 e. The van der Waals surface area contributed by atoms with E-state index in [2.05, 4.69) is 0 Å². The minimum atomic E-state index is -0.500. The van der Waals surface area contributed by atoms with Crippen LogP contribution >= 0.6 is 0 Å². The number of fused-ring (bicyclic) bond motifs is 1. The Balaban J connectivity index is 2.60. The molecule has 1 N–H and O–H groups in total. The maximum Gasteiger partial charge on any atom is 0.419 e. The van der Waals surface area contributed by atoms with Crippen LogP contribution in [-0.4, -0.2) is 9.67 Å². The summed E-state index contributed by atoms with van der Waals surface area (Å²) in [6.45, 7) is 4.38. The van der Waals surface area contributed by atoms with E-state index >= 15 is 0 Å². The second kappa shape index (κ2) is 4.14. The molecule has 0 bridgehead atoms. The summed E-state index contributed by atoms with van der Waals surface area (Å²) in [6.07, 6.45) is 0.143. The number of hydrogen-bond donors (Lipinski definition) is 1. The molecule has 1 heterocycles. The van der Waals surface area contributed by atoms with Gasteiger partial charge in [0.25, 0.3) is 0 Å². The van der Waals surface area contributed by atoms with Crippen molar-refractivity contribution in [3.8, 4) is 0 Å². The lowest BCUT2D eigenvalue weighted by Gasteiger charge is -2.07. The molecule has 2 aromatic rings. The standard InChI is InChI=1S/C12H15NO3/c1-3-10(14)8-5-6-9-11(7-8)16-12(15)13(9)4-2/h5-7,10,14H,3-4H2,1-2H3. The highest BCUT2D eigenvalue weighted by Crippen LogP contribution is 2.21. The Bertz CT molecular complexity index is 553. The van der Waals surface area contributed by atoms with E-state index in [1.54, 1.807) is 10.6 Å². The molecule has 86 valence electrons. The highest BCUT2D eigenvalue weighted by atomic mass is 16.4. The monoisotopic (exact) mass is 221 g/mol. The molecular weight excluding hydrogens is 206 g/mol. The van der Waals surface area contributed by atoms with E-state index < -0.39 is 6.10 Å². The fourth-order valence-corrected chi connectivity index (χ4v) is 1.83. The molecule has 0 radical (unpaired) electrons. The summed E-state index contributed by atoms with van der Waals surface area (Å²) in [7, 11) is 0. The van der Waals surface area contributed by atoms with Crippen molar-refractivity contribution in [1.82, 2.24) is 4.57 Å². The zero-order chi connectivity index (χ0) is 11.7. The zero-order valence-electron chi connectivity index (χ0n) is 9.43. The molecule has 1 aromatic heterocycles. The maximum absolute atomic E-state index is 11.5. The summed E-state index contributed by atoms with van der Waals surface area (Å²) >= 11 is 0. The predicted octanol–water partition coefficient (Wildman–Crippen LogP) is 2.06. The number of aryl methyl sites for hydroxylation is 1. The molecule has 1 unspecified atom stereocenters. The van der Waals surface area contributed by atoms with Gasteiger partial charge in [-0.3, -0.25) is 4.57 Å². The summed E-state index contributed by atoms with van der Waals surface area (Å²) < 4.78 is 6.69. The lowest BCUT2D eigenvalue weighted by atomic mass is 10.1. The van der Waals surface area contributed by atoms with Gasteiger partial charge in [-0.1, -0.05) is 13.0 Å². The zero-order valence-corrected chi connectivity index (χ0v) is 9.43.